The average molecular weight is 183 g/mol. The molecule has 1 rings (SSSR count). The van der Waals surface area contributed by atoms with Gasteiger partial charge in [0.15, 0.2) is 0 Å². The molecular formula is C9H17N3O. The molecule has 0 fully saturated rings. The highest BCUT2D eigenvalue weighted by molar-refractivity contribution is 5.39. The Bertz CT molecular complexity index is 289. The van der Waals surface area contributed by atoms with Gasteiger partial charge in [0.25, 0.3) is 0 Å². The predicted molar refractivity (Wildman–Crippen MR) is 52.3 cm³/mol. The van der Waals surface area contributed by atoms with Crippen LogP contribution in [0.2, 0.25) is 0 Å². The number of nitrogen functional groups attached to an aromatic ring is 1. The molecule has 4 nitrogen and oxygen atoms in total. The third kappa shape index (κ3) is 1.54. The fraction of sp³-hybridized carbons (Fsp3) is 0.667. The number of aromatic nitrogens is 2. The summed E-state index contributed by atoms with van der Waals surface area (Å²) >= 11 is 0. The van der Waals surface area contributed by atoms with Gasteiger partial charge in [-0.25, -0.2) is 4.98 Å². The van der Waals surface area contributed by atoms with Crippen molar-refractivity contribution in [3.63, 3.8) is 0 Å². The summed E-state index contributed by atoms with van der Waals surface area (Å²) in [6.45, 7) is 4.04. The van der Waals surface area contributed by atoms with Gasteiger partial charge in [-0.3, -0.25) is 0 Å². The van der Waals surface area contributed by atoms with E-state index in [1.165, 1.54) is 0 Å². The topological polar surface area (TPSA) is 53.1 Å². The van der Waals surface area contributed by atoms with Gasteiger partial charge in [0.1, 0.15) is 17.1 Å². The van der Waals surface area contributed by atoms with Crippen molar-refractivity contribution >= 4 is 5.82 Å². The first-order chi connectivity index (χ1) is 6.05. The second-order valence-electron chi connectivity index (χ2n) is 3.38. The van der Waals surface area contributed by atoms with E-state index < -0.39 is 0 Å². The van der Waals surface area contributed by atoms with Crippen LogP contribution < -0.4 is 5.73 Å². The van der Waals surface area contributed by atoms with Crippen LogP contribution in [0.3, 0.4) is 0 Å². The van der Waals surface area contributed by atoms with E-state index >= 15 is 0 Å². The molecule has 74 valence electrons. The molecule has 2 N–H and O–H groups in total. The number of hydrogen-bond acceptors (Lipinski definition) is 3. The first-order valence-electron chi connectivity index (χ1n) is 4.37. The van der Waals surface area contributed by atoms with Crippen LogP contribution >= 0.6 is 0 Å². The van der Waals surface area contributed by atoms with Crippen molar-refractivity contribution < 1.29 is 4.74 Å². The van der Waals surface area contributed by atoms with Gasteiger partial charge in [-0.2, -0.15) is 0 Å². The number of nitrogens with two attached hydrogens (primary N) is 1. The number of nitrogens with zero attached hydrogens (tertiary/aromatic N) is 2. The molecule has 0 bridgehead atoms. The molecule has 0 aliphatic rings. The van der Waals surface area contributed by atoms with Crippen LogP contribution in [0.1, 0.15) is 26.0 Å². The van der Waals surface area contributed by atoms with Gasteiger partial charge in [-0.1, -0.05) is 6.92 Å². The van der Waals surface area contributed by atoms with Gasteiger partial charge in [-0.05, 0) is 13.3 Å². The Labute approximate surface area is 78.7 Å². The van der Waals surface area contributed by atoms with E-state index in [0.29, 0.717) is 5.82 Å². The molecule has 0 aromatic carbocycles. The molecule has 4 heteroatoms. The summed E-state index contributed by atoms with van der Waals surface area (Å²) in [6.07, 6.45) is 2.56. The number of ether oxygens (including phenoxy) is 1. The van der Waals surface area contributed by atoms with Gasteiger partial charge in [-0.15, -0.1) is 0 Å². The zero-order valence-electron chi connectivity index (χ0n) is 8.66. The molecule has 1 aromatic heterocycles. The molecule has 1 heterocycles. The Morgan fingerprint density at radius 2 is 2.31 bits per heavy atom. The molecule has 0 aliphatic heterocycles. The molecule has 0 radical (unpaired) electrons. The Morgan fingerprint density at radius 1 is 1.69 bits per heavy atom. The molecule has 1 unspecified atom stereocenters. The molecular weight excluding hydrogens is 166 g/mol. The van der Waals surface area contributed by atoms with Crippen LogP contribution in [0.5, 0.6) is 0 Å². The van der Waals surface area contributed by atoms with Crippen LogP contribution in [0.25, 0.3) is 0 Å². The van der Waals surface area contributed by atoms with Crippen LogP contribution in [-0.2, 0) is 17.4 Å². The second kappa shape index (κ2) is 3.38. The highest BCUT2D eigenvalue weighted by Crippen LogP contribution is 2.30. The maximum Gasteiger partial charge on any atom is 0.129 e. The van der Waals surface area contributed by atoms with E-state index in [0.717, 1.165) is 12.1 Å². The van der Waals surface area contributed by atoms with Gasteiger partial charge in [0, 0.05) is 14.2 Å². The highest BCUT2D eigenvalue weighted by Gasteiger charge is 2.29. The summed E-state index contributed by atoms with van der Waals surface area (Å²) in [7, 11) is 3.55. The third-order valence-electron chi connectivity index (χ3n) is 2.61. The van der Waals surface area contributed by atoms with Crippen LogP contribution in [0, 0.1) is 0 Å². The number of rotatable bonds is 3. The van der Waals surface area contributed by atoms with Crippen molar-refractivity contribution in [2.24, 2.45) is 7.05 Å². The summed E-state index contributed by atoms with van der Waals surface area (Å²) in [5.74, 6) is 0.672. The summed E-state index contributed by atoms with van der Waals surface area (Å²) in [4.78, 5) is 4.24. The summed E-state index contributed by atoms with van der Waals surface area (Å²) < 4.78 is 7.21. The fourth-order valence-electron chi connectivity index (χ4n) is 1.26. The number of anilines is 1. The maximum absolute atomic E-state index is 5.86. The van der Waals surface area contributed by atoms with Gasteiger partial charge >= 0.3 is 0 Å². The van der Waals surface area contributed by atoms with E-state index in [4.69, 9.17) is 10.5 Å². The largest absolute Gasteiger partial charge is 0.383 e. The lowest BCUT2D eigenvalue weighted by atomic mass is 9.99. The molecule has 0 saturated carbocycles. The summed E-state index contributed by atoms with van der Waals surface area (Å²) in [6, 6.07) is 0. The fourth-order valence-corrected chi connectivity index (χ4v) is 1.26. The number of imidazole rings is 1. The van der Waals surface area contributed by atoms with Gasteiger partial charge in [0.05, 0.1) is 6.33 Å². The van der Waals surface area contributed by atoms with Crippen molar-refractivity contribution in [3.05, 3.63) is 12.0 Å². The van der Waals surface area contributed by atoms with Crippen molar-refractivity contribution in [1.29, 1.82) is 0 Å². The Hall–Kier alpha value is -1.03. The zero-order valence-corrected chi connectivity index (χ0v) is 8.66. The minimum atomic E-state index is -0.370. The lowest BCUT2D eigenvalue weighted by Crippen LogP contribution is -2.25. The predicted octanol–water partition coefficient (Wildman–Crippen LogP) is 1.27. The van der Waals surface area contributed by atoms with Crippen molar-refractivity contribution in [2.45, 2.75) is 25.9 Å². The first-order valence-corrected chi connectivity index (χ1v) is 4.37. The SMILES string of the molecule is CCC(C)(OC)c1ncn(C)c1N. The minimum absolute atomic E-state index is 0.370. The molecule has 13 heavy (non-hydrogen) atoms. The molecule has 0 saturated heterocycles. The smallest absolute Gasteiger partial charge is 0.129 e. The monoisotopic (exact) mass is 183 g/mol. The normalized spacial score (nSPS) is 15.7. The lowest BCUT2D eigenvalue weighted by Gasteiger charge is -2.25. The minimum Gasteiger partial charge on any atom is -0.383 e. The van der Waals surface area contributed by atoms with Gasteiger partial charge < -0.3 is 15.0 Å². The van der Waals surface area contributed by atoms with Gasteiger partial charge in [0.2, 0.25) is 0 Å². The molecule has 0 amide bonds. The van der Waals surface area contributed by atoms with Crippen LogP contribution in [-0.4, -0.2) is 16.7 Å². The van der Waals surface area contributed by atoms with E-state index in [1.807, 2.05) is 14.0 Å². The highest BCUT2D eigenvalue weighted by atomic mass is 16.5. The summed E-state index contributed by atoms with van der Waals surface area (Å²) in [5.41, 5.74) is 6.31. The lowest BCUT2D eigenvalue weighted by molar-refractivity contribution is -0.00408. The van der Waals surface area contributed by atoms with Crippen molar-refractivity contribution in [3.8, 4) is 0 Å². The number of aryl methyl sites for hydroxylation is 1. The maximum atomic E-state index is 5.86. The quantitative estimate of drug-likeness (QED) is 0.767. The number of hydrogen-bond donors (Lipinski definition) is 1. The first kappa shape index (κ1) is 10.1. The summed E-state index contributed by atoms with van der Waals surface area (Å²) in [5, 5.41) is 0. The third-order valence-corrected chi connectivity index (χ3v) is 2.61. The Kier molecular flexibility index (Phi) is 2.61. The molecule has 0 spiro atoms. The molecule has 1 aromatic rings. The van der Waals surface area contributed by atoms with Crippen molar-refractivity contribution in [1.82, 2.24) is 9.55 Å². The van der Waals surface area contributed by atoms with E-state index in [-0.39, 0.29) is 5.60 Å². The van der Waals surface area contributed by atoms with E-state index in [1.54, 1.807) is 18.0 Å². The zero-order chi connectivity index (χ0) is 10.1. The Morgan fingerprint density at radius 3 is 2.62 bits per heavy atom. The average Bonchev–Trinajstić information content (AvgIpc) is 2.47. The molecule has 1 atom stereocenters. The molecule has 0 aliphatic carbocycles. The van der Waals surface area contributed by atoms with Crippen LogP contribution in [0.15, 0.2) is 6.33 Å². The standard InChI is InChI=1S/C9H17N3O/c1-5-9(2,13-4)7-8(10)12(3)6-11-7/h6H,5,10H2,1-4H3. The van der Waals surface area contributed by atoms with E-state index in [9.17, 15) is 0 Å². The van der Waals surface area contributed by atoms with E-state index in [2.05, 4.69) is 11.9 Å². The van der Waals surface area contributed by atoms with Crippen LogP contribution in [0.4, 0.5) is 5.82 Å². The number of methoxy groups -OCH3 is 1. The Balaban J connectivity index is 3.12. The van der Waals surface area contributed by atoms with Crippen molar-refractivity contribution in [2.75, 3.05) is 12.8 Å². The second-order valence-corrected chi connectivity index (χ2v) is 3.38.